The van der Waals surface area contributed by atoms with Crippen LogP contribution in [0, 0.1) is 35.5 Å². The molecule has 0 aromatic carbocycles. The van der Waals surface area contributed by atoms with Crippen LogP contribution >= 0.6 is 0 Å². The fourth-order valence-corrected chi connectivity index (χ4v) is 6.53. The molecule has 1 heteroatoms. The van der Waals surface area contributed by atoms with Gasteiger partial charge in [0, 0.05) is 5.54 Å². The molecule has 94 valence electrons. The van der Waals surface area contributed by atoms with Crippen molar-refractivity contribution in [3.05, 3.63) is 0 Å². The maximum atomic E-state index is 3.87. The highest BCUT2D eigenvalue weighted by Gasteiger charge is 2.55. The first-order valence-corrected chi connectivity index (χ1v) is 8.06. The lowest BCUT2D eigenvalue weighted by Gasteiger charge is -2.56. The van der Waals surface area contributed by atoms with Crippen LogP contribution in [0.2, 0.25) is 0 Å². The predicted molar refractivity (Wildman–Crippen MR) is 68.6 cm³/mol. The first-order valence-electron chi connectivity index (χ1n) is 8.06. The third-order valence-electron chi connectivity index (χ3n) is 7.09. The van der Waals surface area contributed by atoms with Crippen molar-refractivity contribution in [3.8, 4) is 0 Å². The lowest BCUT2D eigenvalue weighted by molar-refractivity contribution is -0.0586. The third kappa shape index (κ3) is 1.35. The Bertz CT molecular complexity index is 315. The standard InChI is InChI=1S/C16H25N/c1-2-16(1)8-14(9-17-16)15-12-4-10-3-11(6-12)7-13(15)5-10/h10-15,17H,1-9H2. The summed E-state index contributed by atoms with van der Waals surface area (Å²) in [5, 5.41) is 3.87. The monoisotopic (exact) mass is 231 g/mol. The van der Waals surface area contributed by atoms with Gasteiger partial charge < -0.3 is 5.32 Å². The van der Waals surface area contributed by atoms with E-state index in [4.69, 9.17) is 0 Å². The first kappa shape index (κ1) is 9.83. The molecular formula is C16H25N. The van der Waals surface area contributed by atoms with Crippen molar-refractivity contribution < 1.29 is 0 Å². The molecule has 0 amide bonds. The van der Waals surface area contributed by atoms with Crippen LogP contribution in [0.15, 0.2) is 0 Å². The minimum absolute atomic E-state index is 0.666. The van der Waals surface area contributed by atoms with E-state index in [-0.39, 0.29) is 0 Å². The van der Waals surface area contributed by atoms with Crippen LogP contribution in [-0.4, -0.2) is 12.1 Å². The Balaban J connectivity index is 1.41. The van der Waals surface area contributed by atoms with Crippen LogP contribution in [0.5, 0.6) is 0 Å². The second-order valence-corrected chi connectivity index (χ2v) is 8.13. The fraction of sp³-hybridized carbons (Fsp3) is 1.00. The molecule has 4 bridgehead atoms. The minimum Gasteiger partial charge on any atom is -0.311 e. The zero-order chi connectivity index (χ0) is 11.0. The Morgan fingerprint density at radius 3 is 1.94 bits per heavy atom. The Hall–Kier alpha value is -0.0400. The average molecular weight is 231 g/mol. The van der Waals surface area contributed by atoms with E-state index in [0.717, 1.165) is 35.5 Å². The quantitative estimate of drug-likeness (QED) is 0.731. The lowest BCUT2D eigenvalue weighted by atomic mass is 9.49. The predicted octanol–water partition coefficient (Wildman–Crippen LogP) is 3.20. The molecule has 1 aliphatic heterocycles. The highest BCUT2D eigenvalue weighted by Crippen LogP contribution is 2.60. The molecule has 1 unspecified atom stereocenters. The SMILES string of the molecule is C1C2CC3CC1CC(C2)C3C1CNC2(CC2)C1. The lowest BCUT2D eigenvalue weighted by Crippen LogP contribution is -2.48. The minimum atomic E-state index is 0.666. The molecule has 1 saturated heterocycles. The first-order chi connectivity index (χ1) is 8.31. The molecule has 1 nitrogen and oxygen atoms in total. The molecule has 1 atom stereocenters. The summed E-state index contributed by atoms with van der Waals surface area (Å²) in [4.78, 5) is 0. The molecule has 6 rings (SSSR count). The molecule has 1 spiro atoms. The highest BCUT2D eigenvalue weighted by molar-refractivity contribution is 5.11. The van der Waals surface area contributed by atoms with Gasteiger partial charge in [0.15, 0.2) is 0 Å². The van der Waals surface area contributed by atoms with Gasteiger partial charge in [-0.2, -0.15) is 0 Å². The van der Waals surface area contributed by atoms with Crippen LogP contribution < -0.4 is 5.32 Å². The molecule has 1 N–H and O–H groups in total. The summed E-state index contributed by atoms with van der Waals surface area (Å²) < 4.78 is 0. The molecule has 1 heterocycles. The molecule has 0 aromatic rings. The molecule has 5 aliphatic carbocycles. The summed E-state index contributed by atoms with van der Waals surface area (Å²) in [6.45, 7) is 1.37. The van der Waals surface area contributed by atoms with Gasteiger partial charge in [-0.05, 0) is 93.4 Å². The summed E-state index contributed by atoms with van der Waals surface area (Å²) >= 11 is 0. The summed E-state index contributed by atoms with van der Waals surface area (Å²) in [6.07, 6.45) is 12.6. The van der Waals surface area contributed by atoms with Crippen molar-refractivity contribution in [1.29, 1.82) is 0 Å². The van der Waals surface area contributed by atoms with Gasteiger partial charge in [-0.15, -0.1) is 0 Å². The second kappa shape index (κ2) is 3.10. The van der Waals surface area contributed by atoms with E-state index in [1.165, 1.54) is 19.4 Å². The normalized spacial score (nSPS) is 57.9. The van der Waals surface area contributed by atoms with Gasteiger partial charge in [-0.1, -0.05) is 0 Å². The molecule has 17 heavy (non-hydrogen) atoms. The van der Waals surface area contributed by atoms with Crippen LogP contribution in [0.25, 0.3) is 0 Å². The Labute approximate surface area is 105 Å². The van der Waals surface area contributed by atoms with E-state index in [1.807, 2.05) is 0 Å². The number of rotatable bonds is 1. The van der Waals surface area contributed by atoms with Crippen molar-refractivity contribution >= 4 is 0 Å². The van der Waals surface area contributed by atoms with E-state index in [0.29, 0.717) is 5.54 Å². The van der Waals surface area contributed by atoms with Crippen molar-refractivity contribution in [3.63, 3.8) is 0 Å². The van der Waals surface area contributed by atoms with E-state index in [1.54, 1.807) is 38.5 Å². The molecule has 0 radical (unpaired) electrons. The van der Waals surface area contributed by atoms with Crippen molar-refractivity contribution in [2.75, 3.05) is 6.54 Å². The van der Waals surface area contributed by atoms with Gasteiger partial charge in [-0.3, -0.25) is 0 Å². The van der Waals surface area contributed by atoms with Crippen molar-refractivity contribution in [2.24, 2.45) is 35.5 Å². The van der Waals surface area contributed by atoms with Crippen molar-refractivity contribution in [2.45, 2.75) is 56.9 Å². The Kier molecular flexibility index (Phi) is 1.79. The van der Waals surface area contributed by atoms with Gasteiger partial charge >= 0.3 is 0 Å². The maximum absolute atomic E-state index is 3.87. The Morgan fingerprint density at radius 2 is 1.41 bits per heavy atom. The third-order valence-corrected chi connectivity index (χ3v) is 7.09. The summed E-state index contributed by atoms with van der Waals surface area (Å²) in [5.74, 6) is 6.79. The average Bonchev–Trinajstić information content (AvgIpc) is 2.90. The molecular weight excluding hydrogens is 206 g/mol. The largest absolute Gasteiger partial charge is 0.311 e. The van der Waals surface area contributed by atoms with Crippen LogP contribution in [-0.2, 0) is 0 Å². The van der Waals surface area contributed by atoms with E-state index in [9.17, 15) is 0 Å². The van der Waals surface area contributed by atoms with Crippen LogP contribution in [0.4, 0.5) is 0 Å². The number of hydrogen-bond acceptors (Lipinski definition) is 1. The number of hydrogen-bond donors (Lipinski definition) is 1. The molecule has 6 fully saturated rings. The van der Waals surface area contributed by atoms with Crippen LogP contribution in [0.1, 0.15) is 51.4 Å². The van der Waals surface area contributed by atoms with Gasteiger partial charge in [0.1, 0.15) is 0 Å². The zero-order valence-corrected chi connectivity index (χ0v) is 10.8. The number of nitrogens with one attached hydrogen (secondary N) is 1. The summed E-state index contributed by atoms with van der Waals surface area (Å²) in [5.41, 5.74) is 0.666. The second-order valence-electron chi connectivity index (χ2n) is 8.13. The molecule has 6 aliphatic rings. The summed E-state index contributed by atoms with van der Waals surface area (Å²) in [7, 11) is 0. The fourth-order valence-electron chi connectivity index (χ4n) is 6.53. The van der Waals surface area contributed by atoms with Gasteiger partial charge in [0.2, 0.25) is 0 Å². The highest BCUT2D eigenvalue weighted by atomic mass is 15.1. The van der Waals surface area contributed by atoms with Crippen LogP contribution in [0.3, 0.4) is 0 Å². The van der Waals surface area contributed by atoms with Gasteiger partial charge in [0.25, 0.3) is 0 Å². The smallest absolute Gasteiger partial charge is 0.0186 e. The van der Waals surface area contributed by atoms with Crippen molar-refractivity contribution in [1.82, 2.24) is 5.32 Å². The van der Waals surface area contributed by atoms with Gasteiger partial charge in [0.05, 0.1) is 0 Å². The topological polar surface area (TPSA) is 12.0 Å². The van der Waals surface area contributed by atoms with E-state index < -0.39 is 0 Å². The van der Waals surface area contributed by atoms with E-state index in [2.05, 4.69) is 5.32 Å². The van der Waals surface area contributed by atoms with Gasteiger partial charge in [-0.25, -0.2) is 0 Å². The zero-order valence-electron chi connectivity index (χ0n) is 10.8. The van der Waals surface area contributed by atoms with E-state index >= 15 is 0 Å². The molecule has 0 aromatic heterocycles. The maximum Gasteiger partial charge on any atom is 0.0186 e. The summed E-state index contributed by atoms with van der Waals surface area (Å²) in [6, 6.07) is 0. The Morgan fingerprint density at radius 1 is 0.765 bits per heavy atom. The molecule has 5 saturated carbocycles.